The quantitative estimate of drug-likeness (QED) is 0.763. The number of fused-ring (bicyclic) bond motifs is 1. The second-order valence-corrected chi connectivity index (χ2v) is 5.01. The normalized spacial score (nSPS) is 21.4. The van der Waals surface area contributed by atoms with Crippen molar-refractivity contribution in [1.29, 1.82) is 0 Å². The first-order valence-corrected chi connectivity index (χ1v) is 6.51. The molecule has 0 amide bonds. The minimum absolute atomic E-state index is 0.561. The van der Waals surface area contributed by atoms with Crippen LogP contribution in [0.2, 0.25) is 5.15 Å². The van der Waals surface area contributed by atoms with Crippen LogP contribution >= 0.6 is 11.6 Å². The summed E-state index contributed by atoms with van der Waals surface area (Å²) in [5, 5.41) is 0.728. The van der Waals surface area contributed by atoms with Gasteiger partial charge in [0.05, 0.1) is 5.69 Å². The van der Waals surface area contributed by atoms with Gasteiger partial charge in [-0.3, -0.25) is 4.40 Å². The van der Waals surface area contributed by atoms with Crippen LogP contribution in [0.25, 0.3) is 5.65 Å². The molecule has 0 saturated carbocycles. The highest BCUT2D eigenvalue weighted by molar-refractivity contribution is 6.29. The Kier molecular flexibility index (Phi) is 2.81. The summed E-state index contributed by atoms with van der Waals surface area (Å²) in [5.41, 5.74) is 2.12. The lowest BCUT2D eigenvalue weighted by Gasteiger charge is -2.11. The van der Waals surface area contributed by atoms with Gasteiger partial charge in [-0.15, -0.1) is 0 Å². The summed E-state index contributed by atoms with van der Waals surface area (Å²) in [6.45, 7) is 5.65. The van der Waals surface area contributed by atoms with Crippen LogP contribution in [0.5, 0.6) is 0 Å². The van der Waals surface area contributed by atoms with Crippen LogP contribution in [-0.4, -0.2) is 33.9 Å². The molecule has 4 heteroatoms. The van der Waals surface area contributed by atoms with E-state index in [2.05, 4.69) is 23.0 Å². The van der Waals surface area contributed by atoms with Gasteiger partial charge >= 0.3 is 0 Å². The molecule has 0 aromatic carbocycles. The molecule has 3 heterocycles. The Morgan fingerprint density at radius 1 is 1.47 bits per heavy atom. The molecular formula is C13H16ClN3. The van der Waals surface area contributed by atoms with Gasteiger partial charge in [0.25, 0.3) is 0 Å². The molecule has 0 spiro atoms. The van der Waals surface area contributed by atoms with Crippen LogP contribution in [0.3, 0.4) is 0 Å². The van der Waals surface area contributed by atoms with Crippen LogP contribution in [-0.2, 0) is 0 Å². The highest BCUT2D eigenvalue weighted by atomic mass is 35.5. The van der Waals surface area contributed by atoms with Crippen molar-refractivity contribution in [3.8, 4) is 0 Å². The van der Waals surface area contributed by atoms with Gasteiger partial charge in [0.2, 0.25) is 0 Å². The Hall–Kier alpha value is -1.06. The molecule has 3 rings (SSSR count). The van der Waals surface area contributed by atoms with Crippen molar-refractivity contribution in [1.82, 2.24) is 14.3 Å². The first-order chi connectivity index (χ1) is 8.28. The van der Waals surface area contributed by atoms with Crippen molar-refractivity contribution < 1.29 is 0 Å². The summed E-state index contributed by atoms with van der Waals surface area (Å²) < 4.78 is 1.96. The minimum Gasteiger partial charge on any atom is -0.303 e. The van der Waals surface area contributed by atoms with Crippen molar-refractivity contribution in [2.45, 2.75) is 19.3 Å². The number of likely N-dealkylation sites (tertiary alicyclic amines) is 1. The Balaban J connectivity index is 1.94. The Morgan fingerprint density at radius 3 is 3.06 bits per heavy atom. The summed E-state index contributed by atoms with van der Waals surface area (Å²) in [6.07, 6.45) is 3.29. The molecule has 17 heavy (non-hydrogen) atoms. The third kappa shape index (κ3) is 1.94. The molecule has 90 valence electrons. The van der Waals surface area contributed by atoms with Crippen molar-refractivity contribution >= 4 is 17.2 Å². The number of imidazole rings is 1. The van der Waals surface area contributed by atoms with E-state index in [1.807, 2.05) is 22.6 Å². The average molecular weight is 250 g/mol. The second kappa shape index (κ2) is 4.31. The number of halogens is 1. The number of likely N-dealkylation sites (N-methyl/N-ethyl adjacent to an activating group) is 1. The number of pyridine rings is 1. The third-order valence-electron chi connectivity index (χ3n) is 3.60. The number of hydrogen-bond donors (Lipinski definition) is 0. The van der Waals surface area contributed by atoms with Crippen molar-refractivity contribution in [3.63, 3.8) is 0 Å². The van der Waals surface area contributed by atoms with E-state index in [9.17, 15) is 0 Å². The average Bonchev–Trinajstić information content (AvgIpc) is 2.95. The van der Waals surface area contributed by atoms with Crippen LogP contribution in [0.4, 0.5) is 0 Å². The van der Waals surface area contributed by atoms with E-state index >= 15 is 0 Å². The lowest BCUT2D eigenvalue weighted by atomic mass is 10.1. The Morgan fingerprint density at radius 2 is 2.35 bits per heavy atom. The largest absolute Gasteiger partial charge is 0.303 e. The fourth-order valence-corrected chi connectivity index (χ4v) is 2.76. The molecule has 3 nitrogen and oxygen atoms in total. The number of nitrogens with zero attached hydrogens (tertiary/aromatic N) is 3. The Bertz CT molecular complexity index is 534. The van der Waals surface area contributed by atoms with E-state index in [4.69, 9.17) is 11.6 Å². The van der Waals surface area contributed by atoms with E-state index in [0.717, 1.165) is 23.9 Å². The van der Waals surface area contributed by atoms with Crippen molar-refractivity contribution in [3.05, 3.63) is 35.2 Å². The molecule has 0 radical (unpaired) electrons. The molecule has 0 aliphatic carbocycles. The minimum atomic E-state index is 0.561. The monoisotopic (exact) mass is 249 g/mol. The van der Waals surface area contributed by atoms with Gasteiger partial charge in [0.15, 0.2) is 0 Å². The molecule has 0 bridgehead atoms. The molecule has 2 aromatic rings. The third-order valence-corrected chi connectivity index (χ3v) is 3.91. The summed E-state index contributed by atoms with van der Waals surface area (Å²) in [4.78, 5) is 7.14. The van der Waals surface area contributed by atoms with E-state index in [1.165, 1.54) is 18.7 Å². The summed E-state index contributed by atoms with van der Waals surface area (Å²) in [7, 11) is 0. The van der Waals surface area contributed by atoms with Gasteiger partial charge in [-0.05, 0) is 31.6 Å². The van der Waals surface area contributed by atoms with Crippen molar-refractivity contribution in [2.24, 2.45) is 0 Å². The van der Waals surface area contributed by atoms with Crippen LogP contribution in [0, 0.1) is 0 Å². The van der Waals surface area contributed by atoms with Gasteiger partial charge < -0.3 is 4.90 Å². The van der Waals surface area contributed by atoms with E-state index in [1.54, 1.807) is 0 Å². The molecule has 1 unspecified atom stereocenters. The first-order valence-electron chi connectivity index (χ1n) is 6.14. The lowest BCUT2D eigenvalue weighted by molar-refractivity contribution is 0.353. The lowest BCUT2D eigenvalue weighted by Crippen LogP contribution is -2.19. The second-order valence-electron chi connectivity index (χ2n) is 4.62. The first kappa shape index (κ1) is 11.1. The Labute approximate surface area is 106 Å². The summed E-state index contributed by atoms with van der Waals surface area (Å²) >= 11 is 6.15. The highest BCUT2D eigenvalue weighted by Crippen LogP contribution is 2.27. The molecule has 0 N–H and O–H groups in total. The topological polar surface area (TPSA) is 20.5 Å². The zero-order valence-electron chi connectivity index (χ0n) is 9.93. The van der Waals surface area contributed by atoms with Crippen LogP contribution in [0.15, 0.2) is 24.4 Å². The van der Waals surface area contributed by atoms with Gasteiger partial charge in [-0.2, -0.15) is 0 Å². The van der Waals surface area contributed by atoms with Gasteiger partial charge in [0, 0.05) is 18.7 Å². The van der Waals surface area contributed by atoms with E-state index in [-0.39, 0.29) is 0 Å². The predicted molar refractivity (Wildman–Crippen MR) is 69.7 cm³/mol. The number of aromatic nitrogens is 2. The molecule has 1 aliphatic rings. The fraction of sp³-hybridized carbons (Fsp3) is 0.462. The summed E-state index contributed by atoms with van der Waals surface area (Å²) in [6, 6.07) is 5.84. The van der Waals surface area contributed by atoms with Gasteiger partial charge in [-0.1, -0.05) is 24.6 Å². The SMILES string of the molecule is CCN1CCC(c2cn3c(Cl)cccc3n2)C1. The molecular weight excluding hydrogens is 234 g/mol. The zero-order chi connectivity index (χ0) is 11.8. The van der Waals surface area contributed by atoms with Gasteiger partial charge in [-0.25, -0.2) is 4.98 Å². The molecule has 1 aliphatic heterocycles. The maximum atomic E-state index is 6.15. The van der Waals surface area contributed by atoms with Crippen LogP contribution < -0.4 is 0 Å². The highest BCUT2D eigenvalue weighted by Gasteiger charge is 2.24. The summed E-state index contributed by atoms with van der Waals surface area (Å²) in [5.74, 6) is 0.561. The molecule has 1 saturated heterocycles. The fourth-order valence-electron chi connectivity index (χ4n) is 2.55. The van der Waals surface area contributed by atoms with Crippen molar-refractivity contribution in [2.75, 3.05) is 19.6 Å². The zero-order valence-corrected chi connectivity index (χ0v) is 10.7. The maximum absolute atomic E-state index is 6.15. The van der Waals surface area contributed by atoms with Gasteiger partial charge in [0.1, 0.15) is 10.8 Å². The predicted octanol–water partition coefficient (Wildman–Crippen LogP) is 2.80. The smallest absolute Gasteiger partial charge is 0.138 e. The molecule has 1 fully saturated rings. The van der Waals surface area contributed by atoms with Crippen LogP contribution in [0.1, 0.15) is 25.0 Å². The molecule has 1 atom stereocenters. The standard InChI is InChI=1S/C13H16ClN3/c1-2-16-7-6-10(8-16)11-9-17-12(14)4-3-5-13(17)15-11/h3-5,9-10H,2,6-8H2,1H3. The number of hydrogen-bond acceptors (Lipinski definition) is 2. The van der Waals surface area contributed by atoms with E-state index < -0.39 is 0 Å². The maximum Gasteiger partial charge on any atom is 0.138 e. The number of rotatable bonds is 2. The molecule has 2 aromatic heterocycles. The van der Waals surface area contributed by atoms with E-state index in [0.29, 0.717) is 5.92 Å².